The molecule has 1 N–H and O–H groups in total. The first kappa shape index (κ1) is 18.6. The third kappa shape index (κ3) is 3.80. The molecule has 0 spiro atoms. The highest BCUT2D eigenvalue weighted by molar-refractivity contribution is 5.97. The molecule has 1 fully saturated rings. The first-order valence-corrected chi connectivity index (χ1v) is 9.02. The van der Waals surface area contributed by atoms with Gasteiger partial charge in [0.1, 0.15) is 17.2 Å². The zero-order chi connectivity index (χ0) is 20.4. The second-order valence-electron chi connectivity index (χ2n) is 6.68. The Balaban J connectivity index is 1.43. The third-order valence-electron chi connectivity index (χ3n) is 4.83. The summed E-state index contributed by atoms with van der Waals surface area (Å²) in [5, 5.41) is 11.6. The number of aromatic nitrogens is 1. The van der Waals surface area contributed by atoms with Crippen molar-refractivity contribution in [1.29, 1.82) is 5.26 Å². The number of furan rings is 1. The van der Waals surface area contributed by atoms with Gasteiger partial charge in [-0.05, 0) is 37.1 Å². The van der Waals surface area contributed by atoms with Gasteiger partial charge >= 0.3 is 6.03 Å². The van der Waals surface area contributed by atoms with Crippen LogP contribution in [0.5, 0.6) is 0 Å². The average molecular weight is 394 g/mol. The van der Waals surface area contributed by atoms with Crippen LogP contribution in [0.4, 0.5) is 19.3 Å². The van der Waals surface area contributed by atoms with Gasteiger partial charge in [0.05, 0.1) is 23.6 Å². The number of amides is 2. The monoisotopic (exact) mass is 394 g/mol. The number of carbonyl (C=O) groups is 1. The van der Waals surface area contributed by atoms with Crippen molar-refractivity contribution < 1.29 is 18.0 Å². The fraction of sp³-hybridized carbons (Fsp3) is 0.190. The summed E-state index contributed by atoms with van der Waals surface area (Å²) in [6, 6.07) is 6.86. The molecule has 0 radical (unpaired) electrons. The van der Waals surface area contributed by atoms with Gasteiger partial charge in [0.15, 0.2) is 5.58 Å². The molecule has 1 aliphatic rings. The minimum absolute atomic E-state index is 0.0598. The number of nitrogens with zero attached hydrogens (tertiary/aromatic N) is 3. The van der Waals surface area contributed by atoms with E-state index in [1.54, 1.807) is 29.3 Å². The Hall–Kier alpha value is -3.73. The number of pyridine rings is 1. The van der Waals surface area contributed by atoms with Crippen LogP contribution in [0.3, 0.4) is 0 Å². The maximum absolute atomic E-state index is 14.1. The first-order valence-electron chi connectivity index (χ1n) is 9.02. The van der Waals surface area contributed by atoms with E-state index in [-0.39, 0.29) is 17.2 Å². The van der Waals surface area contributed by atoms with Crippen LogP contribution in [-0.4, -0.2) is 29.0 Å². The predicted octanol–water partition coefficient (Wildman–Crippen LogP) is 4.69. The van der Waals surface area contributed by atoms with Gasteiger partial charge in [-0.1, -0.05) is 5.57 Å². The Morgan fingerprint density at radius 1 is 1.24 bits per heavy atom. The number of urea groups is 1. The Labute approximate surface area is 165 Å². The minimum atomic E-state index is -0.769. The second-order valence-corrected chi connectivity index (χ2v) is 6.68. The smallest absolute Gasteiger partial charge is 0.321 e. The van der Waals surface area contributed by atoms with E-state index in [2.05, 4.69) is 10.3 Å². The van der Waals surface area contributed by atoms with E-state index in [0.717, 1.165) is 17.7 Å². The lowest BCUT2D eigenvalue weighted by Crippen LogP contribution is -2.39. The lowest BCUT2D eigenvalue weighted by atomic mass is 10.00. The summed E-state index contributed by atoms with van der Waals surface area (Å²) < 4.78 is 33.5. The summed E-state index contributed by atoms with van der Waals surface area (Å²) in [7, 11) is 0. The molecular weight excluding hydrogens is 378 g/mol. The molecule has 0 atom stereocenters. The van der Waals surface area contributed by atoms with E-state index >= 15 is 0 Å². The highest BCUT2D eigenvalue weighted by atomic mass is 19.1. The largest absolute Gasteiger partial charge is 0.460 e. The molecule has 3 aromatic rings. The van der Waals surface area contributed by atoms with Crippen LogP contribution in [0.25, 0.3) is 17.2 Å². The van der Waals surface area contributed by atoms with Crippen LogP contribution in [-0.2, 0) is 0 Å². The number of likely N-dealkylation sites (tertiary alicyclic amines) is 1. The summed E-state index contributed by atoms with van der Waals surface area (Å²) >= 11 is 0. The van der Waals surface area contributed by atoms with Crippen LogP contribution in [0.15, 0.2) is 46.7 Å². The molecule has 146 valence electrons. The van der Waals surface area contributed by atoms with Gasteiger partial charge in [0.2, 0.25) is 0 Å². The van der Waals surface area contributed by atoms with Crippen LogP contribution in [0.2, 0.25) is 0 Å². The third-order valence-corrected chi connectivity index (χ3v) is 4.83. The Kier molecular flexibility index (Phi) is 4.96. The van der Waals surface area contributed by atoms with Crippen molar-refractivity contribution >= 4 is 28.9 Å². The lowest BCUT2D eigenvalue weighted by molar-refractivity contribution is 0.208. The quantitative estimate of drug-likeness (QED) is 0.684. The molecule has 4 rings (SSSR count). The van der Waals surface area contributed by atoms with Crippen LogP contribution >= 0.6 is 0 Å². The molecule has 2 amide bonds. The molecule has 3 heterocycles. The molecule has 1 saturated heterocycles. The number of rotatable bonds is 2. The second kappa shape index (κ2) is 7.72. The number of nitrogens with one attached hydrogen (secondary N) is 1. The molecule has 1 aromatic carbocycles. The molecule has 1 aliphatic heterocycles. The number of benzene rings is 1. The van der Waals surface area contributed by atoms with Crippen molar-refractivity contribution in [2.75, 3.05) is 18.4 Å². The van der Waals surface area contributed by atoms with Crippen molar-refractivity contribution in [3.05, 3.63) is 65.1 Å². The van der Waals surface area contributed by atoms with Crippen molar-refractivity contribution in [2.24, 2.45) is 0 Å². The molecule has 0 aliphatic carbocycles. The number of piperidine rings is 1. The number of hydrogen-bond donors (Lipinski definition) is 1. The fourth-order valence-electron chi connectivity index (χ4n) is 3.30. The van der Waals surface area contributed by atoms with Crippen molar-refractivity contribution in [1.82, 2.24) is 9.88 Å². The summed E-state index contributed by atoms with van der Waals surface area (Å²) in [6.07, 6.45) is 5.56. The Bertz CT molecular complexity index is 1130. The summed E-state index contributed by atoms with van der Waals surface area (Å²) in [6.45, 7) is 0.840. The van der Waals surface area contributed by atoms with E-state index in [0.29, 0.717) is 42.7 Å². The number of anilines is 1. The number of carbonyl (C=O) groups excluding carboxylic acids is 1. The van der Waals surface area contributed by atoms with Gasteiger partial charge in [-0.25, -0.2) is 13.6 Å². The summed E-state index contributed by atoms with van der Waals surface area (Å²) in [4.78, 5) is 18.3. The summed E-state index contributed by atoms with van der Waals surface area (Å²) in [5.41, 5.74) is 2.31. The predicted molar refractivity (Wildman–Crippen MR) is 103 cm³/mol. The van der Waals surface area contributed by atoms with Gasteiger partial charge in [0.25, 0.3) is 0 Å². The summed E-state index contributed by atoms with van der Waals surface area (Å²) in [5.74, 6) is -1.54. The molecule has 8 heteroatoms. The molecule has 0 unspecified atom stereocenters. The highest BCUT2D eigenvalue weighted by Crippen LogP contribution is 2.25. The zero-order valence-electron chi connectivity index (χ0n) is 15.3. The molecular formula is C21H16F2N4O2. The number of fused-ring (bicyclic) bond motifs is 1. The van der Waals surface area contributed by atoms with Crippen LogP contribution < -0.4 is 5.32 Å². The van der Waals surface area contributed by atoms with Crippen molar-refractivity contribution in [3.63, 3.8) is 0 Å². The molecule has 0 bridgehead atoms. The van der Waals surface area contributed by atoms with Gasteiger partial charge in [-0.2, -0.15) is 5.26 Å². The van der Waals surface area contributed by atoms with Gasteiger partial charge in [0, 0.05) is 30.9 Å². The highest BCUT2D eigenvalue weighted by Gasteiger charge is 2.21. The van der Waals surface area contributed by atoms with Crippen LogP contribution in [0.1, 0.15) is 24.0 Å². The van der Waals surface area contributed by atoms with E-state index in [1.165, 1.54) is 12.3 Å². The maximum atomic E-state index is 14.1. The molecule has 29 heavy (non-hydrogen) atoms. The van der Waals surface area contributed by atoms with E-state index < -0.39 is 11.6 Å². The Morgan fingerprint density at radius 2 is 1.97 bits per heavy atom. The number of nitriles is 1. The minimum Gasteiger partial charge on any atom is -0.460 e. The van der Waals surface area contributed by atoms with Crippen LogP contribution in [0, 0.1) is 23.0 Å². The standard InChI is InChI=1S/C21H16F2N4O2/c22-16-10-14(12-24)11-17(23)15(16)9-13-2-6-27(7-3-13)21(28)26-19-1-5-25-18-4-8-29-20(18)19/h1,4-5,8-11H,2-3,6-7H2,(H,25,26,28). The number of hydrogen-bond acceptors (Lipinski definition) is 4. The van der Waals surface area contributed by atoms with E-state index in [9.17, 15) is 13.6 Å². The molecule has 6 nitrogen and oxygen atoms in total. The van der Waals surface area contributed by atoms with Gasteiger partial charge in [-0.15, -0.1) is 0 Å². The maximum Gasteiger partial charge on any atom is 0.321 e. The topological polar surface area (TPSA) is 82.2 Å². The lowest BCUT2D eigenvalue weighted by Gasteiger charge is -2.28. The van der Waals surface area contributed by atoms with E-state index in [1.807, 2.05) is 0 Å². The average Bonchev–Trinajstić information content (AvgIpc) is 3.21. The molecule has 0 saturated carbocycles. The molecule has 2 aromatic heterocycles. The zero-order valence-corrected chi connectivity index (χ0v) is 15.3. The van der Waals surface area contributed by atoms with Crippen molar-refractivity contribution in [2.45, 2.75) is 12.8 Å². The fourth-order valence-corrected chi connectivity index (χ4v) is 3.30. The van der Waals surface area contributed by atoms with Gasteiger partial charge < -0.3 is 14.6 Å². The first-order chi connectivity index (χ1) is 14.0. The van der Waals surface area contributed by atoms with Gasteiger partial charge in [-0.3, -0.25) is 4.98 Å². The number of halogens is 2. The SMILES string of the molecule is N#Cc1cc(F)c(C=C2CCN(C(=O)Nc3ccnc4ccoc34)CC2)c(F)c1. The normalized spacial score (nSPS) is 14.0. The van der Waals surface area contributed by atoms with Crippen molar-refractivity contribution in [3.8, 4) is 6.07 Å². The van der Waals surface area contributed by atoms with E-state index in [4.69, 9.17) is 9.68 Å². The Morgan fingerprint density at radius 3 is 2.66 bits per heavy atom.